The molecule has 0 amide bonds. The Balaban J connectivity index is 1.66. The molecule has 3 rings (SSSR count). The van der Waals surface area contributed by atoms with E-state index in [9.17, 15) is 9.90 Å². The summed E-state index contributed by atoms with van der Waals surface area (Å²) in [7, 11) is 0. The first kappa shape index (κ1) is 13.8. The highest BCUT2D eigenvalue weighted by Gasteiger charge is 2.23. The lowest BCUT2D eigenvalue weighted by molar-refractivity contribution is 0.0747. The number of aliphatic hydroxyl groups is 1. The minimum Gasteiger partial charge on any atom is -0.491 e. The van der Waals surface area contributed by atoms with Crippen LogP contribution in [0.2, 0.25) is 0 Å². The molecule has 4 nitrogen and oxygen atoms in total. The molecule has 1 saturated heterocycles. The third kappa shape index (κ3) is 3.48. The minimum atomic E-state index is -1.14. The van der Waals surface area contributed by atoms with Gasteiger partial charge in [-0.1, -0.05) is 30.3 Å². The summed E-state index contributed by atoms with van der Waals surface area (Å²) in [6, 6.07) is 15.7. The van der Waals surface area contributed by atoms with Gasteiger partial charge in [-0.05, 0) is 29.8 Å². The molecule has 0 aliphatic carbocycles. The fourth-order valence-electron chi connectivity index (χ4n) is 2.01. The first-order valence-corrected chi connectivity index (χ1v) is 6.86. The zero-order valence-corrected chi connectivity index (χ0v) is 11.4. The van der Waals surface area contributed by atoms with Crippen LogP contribution in [-0.2, 0) is 4.74 Å². The van der Waals surface area contributed by atoms with Gasteiger partial charge >= 0.3 is 0 Å². The van der Waals surface area contributed by atoms with Crippen LogP contribution in [0.1, 0.15) is 22.0 Å². The Hall–Kier alpha value is -2.17. The van der Waals surface area contributed by atoms with Gasteiger partial charge in [-0.25, -0.2) is 0 Å². The molecule has 21 heavy (non-hydrogen) atoms. The summed E-state index contributed by atoms with van der Waals surface area (Å²) in [4.78, 5) is 12.2. The van der Waals surface area contributed by atoms with Crippen molar-refractivity contribution in [1.29, 1.82) is 0 Å². The van der Waals surface area contributed by atoms with Crippen LogP contribution in [0, 0.1) is 0 Å². The molecule has 0 aromatic heterocycles. The van der Waals surface area contributed by atoms with Gasteiger partial charge in [0.15, 0.2) is 5.78 Å². The van der Waals surface area contributed by atoms with E-state index in [-0.39, 0.29) is 11.9 Å². The molecule has 1 aliphatic heterocycles. The van der Waals surface area contributed by atoms with E-state index in [1.807, 2.05) is 6.07 Å². The van der Waals surface area contributed by atoms with Crippen LogP contribution in [0.25, 0.3) is 0 Å². The van der Waals surface area contributed by atoms with Crippen molar-refractivity contribution in [2.45, 2.75) is 12.2 Å². The number of aliphatic hydroxyl groups excluding tert-OH is 1. The van der Waals surface area contributed by atoms with Crippen LogP contribution >= 0.6 is 0 Å². The van der Waals surface area contributed by atoms with E-state index >= 15 is 0 Å². The molecule has 1 N–H and O–H groups in total. The van der Waals surface area contributed by atoms with E-state index in [4.69, 9.17) is 9.47 Å². The Bertz CT molecular complexity index is 602. The van der Waals surface area contributed by atoms with Crippen LogP contribution in [0.5, 0.6) is 5.75 Å². The van der Waals surface area contributed by atoms with E-state index in [1.165, 1.54) is 0 Å². The second-order valence-electron chi connectivity index (χ2n) is 4.97. The molecule has 0 bridgehead atoms. The van der Waals surface area contributed by atoms with Gasteiger partial charge in [0.1, 0.15) is 24.6 Å². The van der Waals surface area contributed by atoms with Crippen molar-refractivity contribution in [2.24, 2.45) is 0 Å². The molecular weight excluding hydrogens is 268 g/mol. The van der Waals surface area contributed by atoms with Gasteiger partial charge < -0.3 is 14.6 Å². The Morgan fingerprint density at radius 1 is 1.19 bits per heavy atom. The number of ether oxygens (including phenoxy) is 2. The third-order valence-electron chi connectivity index (χ3n) is 3.34. The summed E-state index contributed by atoms with van der Waals surface area (Å²) in [5, 5.41) is 10.1. The lowest BCUT2D eigenvalue weighted by atomic mass is 10.00. The van der Waals surface area contributed by atoms with Crippen LogP contribution in [0.4, 0.5) is 0 Å². The Labute approximate surface area is 122 Å². The average molecular weight is 284 g/mol. The maximum Gasteiger partial charge on any atom is 0.195 e. The molecule has 1 aliphatic rings. The molecule has 2 atom stereocenters. The Kier molecular flexibility index (Phi) is 3.99. The molecule has 2 aromatic rings. The molecule has 0 radical (unpaired) electrons. The van der Waals surface area contributed by atoms with E-state index < -0.39 is 6.10 Å². The summed E-state index contributed by atoms with van der Waals surface area (Å²) < 4.78 is 10.6. The second-order valence-corrected chi connectivity index (χ2v) is 4.97. The maximum atomic E-state index is 12.2. The monoisotopic (exact) mass is 284 g/mol. The van der Waals surface area contributed by atoms with Crippen molar-refractivity contribution in [1.82, 2.24) is 0 Å². The molecule has 108 valence electrons. The van der Waals surface area contributed by atoms with Crippen LogP contribution in [-0.4, -0.2) is 30.2 Å². The summed E-state index contributed by atoms with van der Waals surface area (Å²) >= 11 is 0. The number of Topliss-reactive ketones (excluding diaryl/α,β-unsaturated/α-hetero) is 1. The SMILES string of the molecule is O=C(c1ccc(OCC2CO2)cc1)C(O)c1ccccc1. The van der Waals surface area contributed by atoms with Crippen molar-refractivity contribution in [3.63, 3.8) is 0 Å². The summed E-state index contributed by atoms with van der Waals surface area (Å²) in [5.74, 6) is 0.370. The van der Waals surface area contributed by atoms with Crippen LogP contribution in [0.3, 0.4) is 0 Å². The number of hydrogen-bond donors (Lipinski definition) is 1. The number of ketones is 1. The zero-order chi connectivity index (χ0) is 14.7. The van der Waals surface area contributed by atoms with Crippen molar-refractivity contribution in [3.8, 4) is 5.75 Å². The van der Waals surface area contributed by atoms with Gasteiger partial charge in [0, 0.05) is 5.56 Å². The topological polar surface area (TPSA) is 59.1 Å². The number of benzene rings is 2. The highest BCUT2D eigenvalue weighted by Crippen LogP contribution is 2.21. The summed E-state index contributed by atoms with van der Waals surface area (Å²) in [6.07, 6.45) is -0.941. The van der Waals surface area contributed by atoms with Gasteiger partial charge in [0.05, 0.1) is 6.61 Å². The van der Waals surface area contributed by atoms with Crippen molar-refractivity contribution in [3.05, 3.63) is 65.7 Å². The largest absolute Gasteiger partial charge is 0.491 e. The predicted octanol–water partition coefficient (Wildman–Crippen LogP) is 2.38. The summed E-state index contributed by atoms with van der Waals surface area (Å²) in [5.41, 5.74) is 1.05. The lowest BCUT2D eigenvalue weighted by Gasteiger charge is -2.10. The molecule has 1 fully saturated rings. The number of rotatable bonds is 6. The average Bonchev–Trinajstić information content (AvgIpc) is 3.37. The Morgan fingerprint density at radius 3 is 2.48 bits per heavy atom. The van der Waals surface area contributed by atoms with Crippen molar-refractivity contribution in [2.75, 3.05) is 13.2 Å². The third-order valence-corrected chi connectivity index (χ3v) is 3.34. The maximum absolute atomic E-state index is 12.2. The Morgan fingerprint density at radius 2 is 1.86 bits per heavy atom. The van der Waals surface area contributed by atoms with Gasteiger partial charge in [0.2, 0.25) is 0 Å². The molecule has 0 spiro atoms. The highest BCUT2D eigenvalue weighted by atomic mass is 16.6. The number of epoxide rings is 1. The zero-order valence-electron chi connectivity index (χ0n) is 11.4. The van der Waals surface area contributed by atoms with Crippen LogP contribution < -0.4 is 4.74 Å². The molecule has 4 heteroatoms. The highest BCUT2D eigenvalue weighted by molar-refractivity contribution is 5.99. The van der Waals surface area contributed by atoms with E-state index in [0.717, 1.165) is 6.61 Å². The van der Waals surface area contributed by atoms with Crippen molar-refractivity contribution >= 4 is 5.78 Å². The first-order valence-electron chi connectivity index (χ1n) is 6.86. The quantitative estimate of drug-likeness (QED) is 0.653. The molecule has 2 unspecified atom stereocenters. The standard InChI is InChI=1S/C17H16O4/c18-16(12-4-2-1-3-5-12)17(19)13-6-8-14(9-7-13)20-10-15-11-21-15/h1-9,15-16,18H,10-11H2. The normalized spacial score (nSPS) is 18.0. The number of carbonyl (C=O) groups is 1. The van der Waals surface area contributed by atoms with E-state index in [2.05, 4.69) is 0 Å². The van der Waals surface area contributed by atoms with Gasteiger partial charge in [-0.15, -0.1) is 0 Å². The number of carbonyl (C=O) groups excluding carboxylic acids is 1. The molecule has 2 aromatic carbocycles. The fraction of sp³-hybridized carbons (Fsp3) is 0.235. The van der Waals surface area contributed by atoms with E-state index in [1.54, 1.807) is 48.5 Å². The number of hydrogen-bond acceptors (Lipinski definition) is 4. The van der Waals surface area contributed by atoms with Crippen LogP contribution in [0.15, 0.2) is 54.6 Å². The molecule has 1 heterocycles. The van der Waals surface area contributed by atoms with Gasteiger partial charge in [-0.3, -0.25) is 4.79 Å². The van der Waals surface area contributed by atoms with Gasteiger partial charge in [-0.2, -0.15) is 0 Å². The van der Waals surface area contributed by atoms with Gasteiger partial charge in [0.25, 0.3) is 0 Å². The summed E-state index contributed by atoms with van der Waals surface area (Å²) in [6.45, 7) is 1.28. The first-order chi connectivity index (χ1) is 10.2. The van der Waals surface area contributed by atoms with E-state index in [0.29, 0.717) is 23.5 Å². The van der Waals surface area contributed by atoms with Crippen molar-refractivity contribution < 1.29 is 19.4 Å². The second kappa shape index (κ2) is 6.08. The molecular formula is C17H16O4. The lowest BCUT2D eigenvalue weighted by Crippen LogP contribution is -2.12. The smallest absolute Gasteiger partial charge is 0.195 e. The minimum absolute atomic E-state index is 0.200. The molecule has 0 saturated carbocycles. The predicted molar refractivity (Wildman–Crippen MR) is 77.4 cm³/mol. The fourth-order valence-corrected chi connectivity index (χ4v) is 2.01.